The highest BCUT2D eigenvalue weighted by Gasteiger charge is 2.15. The molecule has 7 aromatic carbocycles. The van der Waals surface area contributed by atoms with Crippen molar-refractivity contribution < 1.29 is 0 Å². The highest BCUT2D eigenvalue weighted by Crippen LogP contribution is 2.37. The van der Waals surface area contributed by atoms with Crippen LogP contribution in [0.25, 0.3) is 60.9 Å². The van der Waals surface area contributed by atoms with Crippen molar-refractivity contribution in [2.45, 2.75) is 0 Å². The van der Waals surface area contributed by atoms with Gasteiger partial charge < -0.3 is 9.88 Å². The molecule has 0 saturated heterocycles. The molecule has 1 heterocycles. The molecule has 0 amide bonds. The Labute approximate surface area is 257 Å². The van der Waals surface area contributed by atoms with Gasteiger partial charge in [0.1, 0.15) is 0 Å². The van der Waals surface area contributed by atoms with Crippen LogP contribution in [0.5, 0.6) is 0 Å². The van der Waals surface area contributed by atoms with Crippen LogP contribution in [0.2, 0.25) is 0 Å². The minimum Gasteiger partial charge on any atom is -0.356 e. The summed E-state index contributed by atoms with van der Waals surface area (Å²) in [5.41, 5.74) is 13.0. The molecule has 8 rings (SSSR count). The fraction of sp³-hybridized carbons (Fsp3) is 0. The predicted molar refractivity (Wildman–Crippen MR) is 187 cm³/mol. The third-order valence-electron chi connectivity index (χ3n) is 8.39. The Kier molecular flexibility index (Phi) is 6.51. The van der Waals surface area contributed by atoms with Crippen molar-refractivity contribution >= 4 is 33.2 Å². The van der Waals surface area contributed by atoms with E-state index in [-0.39, 0.29) is 0 Å². The number of aromatic nitrogens is 1. The molecule has 1 N–H and O–H groups in total. The third-order valence-corrected chi connectivity index (χ3v) is 8.39. The van der Waals surface area contributed by atoms with Crippen LogP contribution in [0.1, 0.15) is 0 Å². The smallest absolute Gasteiger partial charge is 0.0542 e. The molecule has 0 spiro atoms. The average molecular weight is 563 g/mol. The van der Waals surface area contributed by atoms with E-state index in [1.807, 2.05) is 0 Å². The maximum atomic E-state index is 3.65. The Hall–Kier alpha value is -5.86. The van der Waals surface area contributed by atoms with E-state index in [1.54, 1.807) is 0 Å². The van der Waals surface area contributed by atoms with E-state index in [0.29, 0.717) is 0 Å². The largest absolute Gasteiger partial charge is 0.356 e. The Morgan fingerprint density at radius 1 is 0.318 bits per heavy atom. The minimum absolute atomic E-state index is 1.06. The lowest BCUT2D eigenvalue weighted by Gasteiger charge is -2.11. The van der Waals surface area contributed by atoms with Gasteiger partial charge in [0.25, 0.3) is 0 Å². The van der Waals surface area contributed by atoms with Gasteiger partial charge >= 0.3 is 0 Å². The Morgan fingerprint density at radius 2 is 0.727 bits per heavy atom. The molecular formula is C42H30N2. The summed E-state index contributed by atoms with van der Waals surface area (Å²) >= 11 is 0. The van der Waals surface area contributed by atoms with Gasteiger partial charge in [0, 0.05) is 27.8 Å². The van der Waals surface area contributed by atoms with Gasteiger partial charge in [-0.2, -0.15) is 0 Å². The summed E-state index contributed by atoms with van der Waals surface area (Å²) < 4.78 is 2.38. The molecule has 0 aliphatic rings. The Balaban J connectivity index is 1.22. The van der Waals surface area contributed by atoms with Gasteiger partial charge in [-0.05, 0) is 88.0 Å². The van der Waals surface area contributed by atoms with E-state index in [9.17, 15) is 0 Å². The first-order valence-corrected chi connectivity index (χ1v) is 15.0. The second-order valence-electron chi connectivity index (χ2n) is 11.1. The summed E-state index contributed by atoms with van der Waals surface area (Å²) in [5, 5.41) is 6.10. The summed E-state index contributed by atoms with van der Waals surface area (Å²) in [5.74, 6) is 0. The highest BCUT2D eigenvalue weighted by atomic mass is 15.0. The lowest BCUT2D eigenvalue weighted by Crippen LogP contribution is -1.94. The molecule has 0 radical (unpaired) electrons. The molecule has 0 fully saturated rings. The first-order chi connectivity index (χ1) is 21.8. The molecule has 208 valence electrons. The van der Waals surface area contributed by atoms with E-state index in [2.05, 4.69) is 186 Å². The number of hydrogen-bond donors (Lipinski definition) is 1. The summed E-state index contributed by atoms with van der Waals surface area (Å²) in [6.45, 7) is 0. The van der Waals surface area contributed by atoms with Crippen molar-refractivity contribution in [1.82, 2.24) is 4.57 Å². The quantitative estimate of drug-likeness (QED) is 0.213. The van der Waals surface area contributed by atoms with Gasteiger partial charge in [-0.25, -0.2) is 0 Å². The first-order valence-electron chi connectivity index (χ1n) is 15.0. The average Bonchev–Trinajstić information content (AvgIpc) is 3.43. The lowest BCUT2D eigenvalue weighted by atomic mass is 10.0. The van der Waals surface area contributed by atoms with Crippen LogP contribution in [0.15, 0.2) is 176 Å². The van der Waals surface area contributed by atoms with Crippen LogP contribution in [0.4, 0.5) is 11.4 Å². The van der Waals surface area contributed by atoms with Gasteiger partial charge in [0.15, 0.2) is 0 Å². The van der Waals surface area contributed by atoms with Crippen LogP contribution in [0, 0.1) is 0 Å². The number of anilines is 2. The molecule has 1 aromatic heterocycles. The van der Waals surface area contributed by atoms with Gasteiger partial charge in [-0.3, -0.25) is 0 Å². The zero-order chi connectivity index (χ0) is 29.3. The molecule has 0 unspecified atom stereocenters. The first kappa shape index (κ1) is 25.8. The molecule has 0 aliphatic carbocycles. The SMILES string of the molecule is c1ccc(-c2ccc(Nc3ccc4c(c3)c3cc(-c5ccccc5)ccc3n4-c3ccc(-c4ccccc4)cc3)cc2)cc1. The molecule has 0 aliphatic heterocycles. The van der Waals surface area contributed by atoms with Gasteiger partial charge in [-0.15, -0.1) is 0 Å². The molecule has 2 heteroatoms. The van der Waals surface area contributed by atoms with Crippen molar-refractivity contribution in [3.63, 3.8) is 0 Å². The number of rotatable bonds is 6. The van der Waals surface area contributed by atoms with Crippen LogP contribution in [-0.2, 0) is 0 Å². The molecular weight excluding hydrogens is 532 g/mol. The predicted octanol–water partition coefficient (Wildman–Crippen LogP) is 11.5. The topological polar surface area (TPSA) is 17.0 Å². The van der Waals surface area contributed by atoms with Crippen LogP contribution < -0.4 is 5.32 Å². The number of hydrogen-bond acceptors (Lipinski definition) is 1. The van der Waals surface area contributed by atoms with Crippen LogP contribution in [-0.4, -0.2) is 4.57 Å². The molecule has 0 atom stereocenters. The van der Waals surface area contributed by atoms with Crippen molar-refractivity contribution in [3.05, 3.63) is 176 Å². The zero-order valence-corrected chi connectivity index (χ0v) is 24.2. The molecule has 2 nitrogen and oxygen atoms in total. The molecule has 8 aromatic rings. The van der Waals surface area contributed by atoms with Gasteiger partial charge in [-0.1, -0.05) is 121 Å². The van der Waals surface area contributed by atoms with E-state index in [4.69, 9.17) is 0 Å². The summed E-state index contributed by atoms with van der Waals surface area (Å²) in [6, 6.07) is 62.7. The van der Waals surface area contributed by atoms with Crippen molar-refractivity contribution in [2.75, 3.05) is 5.32 Å². The minimum atomic E-state index is 1.06. The highest BCUT2D eigenvalue weighted by molar-refractivity contribution is 6.11. The van der Waals surface area contributed by atoms with E-state index in [1.165, 1.54) is 55.2 Å². The number of benzene rings is 7. The third kappa shape index (κ3) is 4.83. The van der Waals surface area contributed by atoms with Crippen molar-refractivity contribution in [1.29, 1.82) is 0 Å². The summed E-state index contributed by atoms with van der Waals surface area (Å²) in [4.78, 5) is 0. The number of nitrogens with zero attached hydrogens (tertiary/aromatic N) is 1. The Bertz CT molecular complexity index is 2200. The second kappa shape index (κ2) is 11.1. The van der Waals surface area contributed by atoms with Crippen molar-refractivity contribution in [3.8, 4) is 39.1 Å². The van der Waals surface area contributed by atoms with Crippen LogP contribution in [0.3, 0.4) is 0 Å². The maximum Gasteiger partial charge on any atom is 0.0542 e. The normalized spacial score (nSPS) is 11.2. The van der Waals surface area contributed by atoms with Gasteiger partial charge in [0.05, 0.1) is 11.0 Å². The molecule has 0 bridgehead atoms. The van der Waals surface area contributed by atoms with Gasteiger partial charge in [0.2, 0.25) is 0 Å². The monoisotopic (exact) mass is 562 g/mol. The van der Waals surface area contributed by atoms with E-state index < -0.39 is 0 Å². The standard InChI is InChI=1S/C42H30N2/c1-4-10-30(11-5-1)33-16-21-36(22-17-33)43-37-23-27-42-40(29-37)39-28-35(32-14-8-3-9-15-32)20-26-41(39)44(42)38-24-18-34(19-25-38)31-12-6-2-7-13-31/h1-29,43H. The molecule has 44 heavy (non-hydrogen) atoms. The number of fused-ring (bicyclic) bond motifs is 3. The zero-order valence-electron chi connectivity index (χ0n) is 24.2. The van der Waals surface area contributed by atoms with Crippen molar-refractivity contribution in [2.24, 2.45) is 0 Å². The van der Waals surface area contributed by atoms with E-state index >= 15 is 0 Å². The summed E-state index contributed by atoms with van der Waals surface area (Å²) in [6.07, 6.45) is 0. The fourth-order valence-electron chi connectivity index (χ4n) is 6.17. The number of nitrogens with one attached hydrogen (secondary N) is 1. The molecule has 0 saturated carbocycles. The second-order valence-corrected chi connectivity index (χ2v) is 11.1. The fourth-order valence-corrected chi connectivity index (χ4v) is 6.17. The lowest BCUT2D eigenvalue weighted by molar-refractivity contribution is 1.18. The van der Waals surface area contributed by atoms with E-state index in [0.717, 1.165) is 17.1 Å². The Morgan fingerprint density at radius 3 is 1.30 bits per heavy atom. The van der Waals surface area contributed by atoms with Crippen LogP contribution >= 0.6 is 0 Å². The maximum absolute atomic E-state index is 3.65. The summed E-state index contributed by atoms with van der Waals surface area (Å²) in [7, 11) is 0.